The lowest BCUT2D eigenvalue weighted by molar-refractivity contribution is -0.137. The van der Waals surface area contributed by atoms with E-state index in [0.29, 0.717) is 29.6 Å². The first-order chi connectivity index (χ1) is 20.5. The van der Waals surface area contributed by atoms with Gasteiger partial charge in [0.15, 0.2) is 0 Å². The summed E-state index contributed by atoms with van der Waals surface area (Å²) >= 11 is 3.43. The Balaban J connectivity index is 1.51. The molecular weight excluding hydrogens is 623 g/mol. The van der Waals surface area contributed by atoms with E-state index in [1.165, 1.54) is 11.0 Å². The van der Waals surface area contributed by atoms with Gasteiger partial charge < -0.3 is 9.64 Å². The van der Waals surface area contributed by atoms with Crippen LogP contribution in [-0.2, 0) is 31.1 Å². The third-order valence-corrected chi connectivity index (χ3v) is 8.62. The van der Waals surface area contributed by atoms with Crippen LogP contribution in [0, 0.1) is 5.92 Å². The van der Waals surface area contributed by atoms with Crippen LogP contribution in [0.4, 0.5) is 18.9 Å². The normalized spacial score (nSPS) is 19.3. The number of nitrogens with zero attached hydrogens (tertiary/aromatic N) is 5. The Morgan fingerprint density at radius 2 is 1.77 bits per heavy atom. The molecule has 5 rings (SSSR count). The molecule has 4 aromatic rings. The number of hydrogen-bond acceptors (Lipinski definition) is 5. The van der Waals surface area contributed by atoms with Gasteiger partial charge in [0, 0.05) is 36.2 Å². The van der Waals surface area contributed by atoms with E-state index >= 15 is 0 Å². The number of anilines is 1. The van der Waals surface area contributed by atoms with Gasteiger partial charge in [-0.05, 0) is 77.2 Å². The van der Waals surface area contributed by atoms with Crippen molar-refractivity contribution in [2.24, 2.45) is 13.0 Å². The van der Waals surface area contributed by atoms with Gasteiger partial charge in [0.05, 0.1) is 36.6 Å². The van der Waals surface area contributed by atoms with Crippen LogP contribution in [0.15, 0.2) is 83.5 Å². The molecule has 11 heteroatoms. The number of likely N-dealkylation sites (tertiary alicyclic amines) is 1. The molecule has 1 aliphatic heterocycles. The number of methoxy groups -OCH3 is 1. The maximum absolute atomic E-state index is 14.5. The lowest BCUT2D eigenvalue weighted by Crippen LogP contribution is -2.47. The number of aromatic nitrogens is 3. The van der Waals surface area contributed by atoms with Crippen LogP contribution in [0.25, 0.3) is 0 Å². The zero-order valence-electron chi connectivity index (χ0n) is 24.1. The Kier molecular flexibility index (Phi) is 9.22. The Labute approximate surface area is 257 Å². The summed E-state index contributed by atoms with van der Waals surface area (Å²) in [5, 5.41) is 8.55. The summed E-state index contributed by atoms with van der Waals surface area (Å²) in [5.74, 6) is -0.0574. The second-order valence-corrected chi connectivity index (χ2v) is 11.8. The first kappa shape index (κ1) is 30.7. The molecule has 1 amide bonds. The van der Waals surface area contributed by atoms with Crippen molar-refractivity contribution in [1.82, 2.24) is 19.9 Å². The van der Waals surface area contributed by atoms with Crippen molar-refractivity contribution in [1.29, 1.82) is 0 Å². The number of benzene rings is 3. The minimum absolute atomic E-state index is 0.0114. The molecule has 1 aromatic heterocycles. The lowest BCUT2D eigenvalue weighted by atomic mass is 9.83. The monoisotopic (exact) mass is 655 g/mol. The average Bonchev–Trinajstić information content (AvgIpc) is 3.43. The van der Waals surface area contributed by atoms with Gasteiger partial charge in [0.25, 0.3) is 0 Å². The van der Waals surface area contributed by atoms with Gasteiger partial charge >= 0.3 is 6.18 Å². The van der Waals surface area contributed by atoms with Gasteiger partial charge in [-0.25, -0.2) is 0 Å². The Bertz CT molecular complexity index is 1540. The molecule has 3 atom stereocenters. The quantitative estimate of drug-likeness (QED) is 0.201. The minimum atomic E-state index is -4.56. The number of rotatable bonds is 8. The van der Waals surface area contributed by atoms with E-state index in [4.69, 9.17) is 4.74 Å². The zero-order chi connectivity index (χ0) is 30.7. The molecule has 226 valence electrons. The van der Waals surface area contributed by atoms with Crippen LogP contribution in [0.1, 0.15) is 48.2 Å². The molecule has 1 saturated heterocycles. The second kappa shape index (κ2) is 12.9. The van der Waals surface area contributed by atoms with E-state index in [-0.39, 0.29) is 30.2 Å². The van der Waals surface area contributed by atoms with Crippen LogP contribution in [0.5, 0.6) is 5.75 Å². The topological polar surface area (TPSA) is 63.5 Å². The number of aryl methyl sites for hydroxylation is 1. The van der Waals surface area contributed by atoms with Crippen molar-refractivity contribution in [2.75, 3.05) is 12.0 Å². The van der Waals surface area contributed by atoms with Gasteiger partial charge in [-0.2, -0.15) is 13.2 Å². The fraction of sp³-hybridized carbons (Fsp3) is 0.344. The van der Waals surface area contributed by atoms with Crippen LogP contribution < -0.4 is 9.64 Å². The van der Waals surface area contributed by atoms with Crippen LogP contribution in [-0.4, -0.2) is 39.0 Å². The van der Waals surface area contributed by atoms with Crippen molar-refractivity contribution >= 4 is 27.5 Å². The Morgan fingerprint density at radius 3 is 2.40 bits per heavy atom. The highest BCUT2D eigenvalue weighted by molar-refractivity contribution is 9.10. The fourth-order valence-corrected chi connectivity index (χ4v) is 6.20. The zero-order valence-corrected chi connectivity index (χ0v) is 25.7. The standard InChI is InChI=1S/C32H33BrF3N5O2/c1-21-15-24(16-30(28-20-39(2)38-37-28)40(21)18-22-7-5-4-6-8-22)31(42)41(19-23-9-12-26(43-3)13-10-23)29-17-25(32(34,35)36)11-14-27(29)33/h4-14,17,20-21,24,30H,15-16,18-19H2,1-3H3. The molecule has 43 heavy (non-hydrogen) atoms. The van der Waals surface area contributed by atoms with E-state index in [1.54, 1.807) is 31.0 Å². The molecule has 3 aromatic carbocycles. The number of carbonyl (C=O) groups excluding carboxylic acids is 1. The molecule has 0 N–H and O–H groups in total. The largest absolute Gasteiger partial charge is 0.497 e. The molecule has 3 unspecified atom stereocenters. The molecule has 1 aliphatic rings. The molecule has 0 saturated carbocycles. The van der Waals surface area contributed by atoms with Crippen molar-refractivity contribution in [3.63, 3.8) is 0 Å². The predicted molar refractivity (Wildman–Crippen MR) is 161 cm³/mol. The third-order valence-electron chi connectivity index (χ3n) is 7.95. The molecule has 7 nitrogen and oxygen atoms in total. The van der Waals surface area contributed by atoms with Crippen molar-refractivity contribution in [2.45, 2.75) is 51.1 Å². The molecule has 0 aliphatic carbocycles. The molecule has 1 fully saturated rings. The van der Waals surface area contributed by atoms with Gasteiger partial charge in [-0.15, -0.1) is 5.10 Å². The molecule has 0 spiro atoms. The number of piperidine rings is 1. The van der Waals surface area contributed by atoms with E-state index < -0.39 is 17.7 Å². The van der Waals surface area contributed by atoms with E-state index in [1.807, 2.05) is 36.5 Å². The van der Waals surface area contributed by atoms with Gasteiger partial charge in [0.2, 0.25) is 5.91 Å². The number of halogens is 4. The highest BCUT2D eigenvalue weighted by Crippen LogP contribution is 2.41. The molecule has 2 heterocycles. The predicted octanol–water partition coefficient (Wildman–Crippen LogP) is 7.18. The van der Waals surface area contributed by atoms with Crippen molar-refractivity contribution in [3.05, 3.63) is 106 Å². The minimum Gasteiger partial charge on any atom is -0.497 e. The number of ether oxygens (including phenoxy) is 1. The van der Waals surface area contributed by atoms with E-state index in [9.17, 15) is 18.0 Å². The fourth-order valence-electron chi connectivity index (χ4n) is 5.74. The number of alkyl halides is 3. The van der Waals surface area contributed by atoms with Crippen molar-refractivity contribution < 1.29 is 22.7 Å². The average molecular weight is 657 g/mol. The third kappa shape index (κ3) is 7.10. The maximum atomic E-state index is 14.5. The smallest absolute Gasteiger partial charge is 0.416 e. The first-order valence-electron chi connectivity index (χ1n) is 14.0. The van der Waals surface area contributed by atoms with Crippen molar-refractivity contribution in [3.8, 4) is 5.75 Å². The number of hydrogen-bond donors (Lipinski definition) is 0. The van der Waals surface area contributed by atoms with Crippen LogP contribution in [0.2, 0.25) is 0 Å². The molecule has 0 radical (unpaired) electrons. The summed E-state index contributed by atoms with van der Waals surface area (Å²) < 4.78 is 48.7. The molecule has 0 bridgehead atoms. The maximum Gasteiger partial charge on any atom is 0.416 e. The van der Waals surface area contributed by atoms with Crippen LogP contribution in [0.3, 0.4) is 0 Å². The summed E-state index contributed by atoms with van der Waals surface area (Å²) in [6, 6.07) is 20.5. The highest BCUT2D eigenvalue weighted by Gasteiger charge is 2.41. The summed E-state index contributed by atoms with van der Waals surface area (Å²) in [5.41, 5.74) is 2.01. The highest BCUT2D eigenvalue weighted by atomic mass is 79.9. The second-order valence-electron chi connectivity index (χ2n) is 10.9. The summed E-state index contributed by atoms with van der Waals surface area (Å²) in [4.78, 5) is 18.3. The number of amides is 1. The SMILES string of the molecule is COc1ccc(CN(C(=O)C2CC(C)N(Cc3ccccc3)C(c3cn(C)nn3)C2)c2cc(C(F)(F)F)ccc2Br)cc1. The van der Waals surface area contributed by atoms with Gasteiger partial charge in [-0.3, -0.25) is 14.4 Å². The number of carbonyl (C=O) groups is 1. The van der Waals surface area contributed by atoms with E-state index in [0.717, 1.165) is 29.0 Å². The first-order valence-corrected chi connectivity index (χ1v) is 14.8. The summed E-state index contributed by atoms with van der Waals surface area (Å²) in [7, 11) is 3.36. The Hall–Kier alpha value is -3.70. The van der Waals surface area contributed by atoms with Gasteiger partial charge in [0.1, 0.15) is 5.75 Å². The summed E-state index contributed by atoms with van der Waals surface area (Å²) in [6.07, 6.45) is -1.71. The molecular formula is C32H33BrF3N5O2. The summed E-state index contributed by atoms with van der Waals surface area (Å²) in [6.45, 7) is 2.84. The van der Waals surface area contributed by atoms with Crippen LogP contribution >= 0.6 is 15.9 Å². The Morgan fingerprint density at radius 1 is 1.05 bits per heavy atom. The lowest BCUT2D eigenvalue weighted by Gasteiger charge is -2.44. The van der Waals surface area contributed by atoms with Gasteiger partial charge in [-0.1, -0.05) is 47.7 Å². The van der Waals surface area contributed by atoms with E-state index in [2.05, 4.69) is 50.2 Å².